The van der Waals surface area contributed by atoms with Gasteiger partial charge >= 0.3 is 6.18 Å². The highest BCUT2D eigenvalue weighted by atomic mass is 35.5. The number of amides is 1. The molecule has 0 aliphatic carbocycles. The molecule has 4 nitrogen and oxygen atoms in total. The Morgan fingerprint density at radius 1 is 1.24 bits per heavy atom. The summed E-state index contributed by atoms with van der Waals surface area (Å²) in [4.78, 5) is 17.6. The lowest BCUT2D eigenvalue weighted by atomic mass is 9.81. The van der Waals surface area contributed by atoms with Gasteiger partial charge in [0, 0.05) is 33.3 Å². The van der Waals surface area contributed by atoms with E-state index in [9.17, 15) is 18.0 Å². The number of oxime groups is 1. The molecule has 9 heteroatoms. The number of carbonyl (C=O) groups excluding carboxylic acids is 1. The zero-order valence-electron chi connectivity index (χ0n) is 18.4. The van der Waals surface area contributed by atoms with Crippen molar-refractivity contribution >= 4 is 34.8 Å². The van der Waals surface area contributed by atoms with Crippen LogP contribution in [0.1, 0.15) is 46.8 Å². The molecular formula is C25H21Cl2F3N2O2. The van der Waals surface area contributed by atoms with Crippen molar-refractivity contribution in [2.45, 2.75) is 38.5 Å². The second-order valence-corrected chi connectivity index (χ2v) is 8.60. The second kappa shape index (κ2) is 10.1. The van der Waals surface area contributed by atoms with E-state index in [1.54, 1.807) is 13.0 Å². The van der Waals surface area contributed by atoms with Gasteiger partial charge in [-0.25, -0.2) is 0 Å². The summed E-state index contributed by atoms with van der Waals surface area (Å²) < 4.78 is 43.7. The predicted molar refractivity (Wildman–Crippen MR) is 127 cm³/mol. The Morgan fingerprint density at radius 2 is 1.91 bits per heavy atom. The Labute approximate surface area is 205 Å². The maximum Gasteiger partial charge on any atom is 0.440 e. The summed E-state index contributed by atoms with van der Waals surface area (Å²) in [5.74, 6) is 1.89. The van der Waals surface area contributed by atoms with Gasteiger partial charge in [0.05, 0.1) is 5.57 Å². The quantitative estimate of drug-likeness (QED) is 0.353. The van der Waals surface area contributed by atoms with Crippen LogP contribution in [-0.4, -0.2) is 24.3 Å². The number of alkyl halides is 3. The van der Waals surface area contributed by atoms with Gasteiger partial charge < -0.3 is 10.2 Å². The Balaban J connectivity index is 2.08. The number of terminal acetylenes is 1. The maximum atomic E-state index is 14.6. The lowest BCUT2D eigenvalue weighted by Gasteiger charge is -2.31. The number of hydrogen-bond acceptors (Lipinski definition) is 3. The number of aryl methyl sites for hydroxylation is 1. The molecule has 1 atom stereocenters. The molecule has 1 N–H and O–H groups in total. The number of benzene rings is 2. The standard InChI is InChI=1S/C25H21Cl2F3N2O2/c1-4-6-10-31-23(33)20-9-8-16(11-15(20)3)22-21(7-5-2)24(34-32-22,25(28,29)30)17-12-18(26)14-19(27)13-17/h2,7-9,11-14H,4,6,10H2,1,3H3,(H,31,33)/b21-7-. The number of unbranched alkanes of at least 4 members (excludes halogenated alkanes) is 1. The van der Waals surface area contributed by atoms with Gasteiger partial charge in [-0.05, 0) is 55.3 Å². The van der Waals surface area contributed by atoms with Crippen molar-refractivity contribution in [1.29, 1.82) is 0 Å². The smallest absolute Gasteiger partial charge is 0.369 e. The molecule has 34 heavy (non-hydrogen) atoms. The minimum atomic E-state index is -4.96. The average molecular weight is 509 g/mol. The van der Waals surface area contributed by atoms with Gasteiger partial charge in [-0.2, -0.15) is 13.2 Å². The van der Waals surface area contributed by atoms with Gasteiger partial charge in [-0.15, -0.1) is 6.42 Å². The topological polar surface area (TPSA) is 50.7 Å². The molecule has 0 bridgehead atoms. The van der Waals surface area contributed by atoms with E-state index in [1.807, 2.05) is 6.92 Å². The van der Waals surface area contributed by atoms with E-state index in [0.717, 1.165) is 31.1 Å². The summed E-state index contributed by atoms with van der Waals surface area (Å²) in [6.45, 7) is 4.23. The summed E-state index contributed by atoms with van der Waals surface area (Å²) in [7, 11) is 0. The molecule has 1 aliphatic rings. The summed E-state index contributed by atoms with van der Waals surface area (Å²) in [5, 5.41) is 6.60. The van der Waals surface area contributed by atoms with Crippen molar-refractivity contribution in [3.63, 3.8) is 0 Å². The van der Waals surface area contributed by atoms with E-state index in [2.05, 4.69) is 16.4 Å². The van der Waals surface area contributed by atoms with Crippen molar-refractivity contribution in [2.75, 3.05) is 6.54 Å². The van der Waals surface area contributed by atoms with Crippen LogP contribution in [0.25, 0.3) is 0 Å². The van der Waals surface area contributed by atoms with Crippen LogP contribution >= 0.6 is 23.2 Å². The number of halogens is 5. The number of nitrogens with one attached hydrogen (secondary N) is 1. The van der Waals surface area contributed by atoms with Gasteiger partial charge in [0.2, 0.25) is 0 Å². The molecule has 1 unspecified atom stereocenters. The largest absolute Gasteiger partial charge is 0.440 e. The number of nitrogens with zero attached hydrogens (tertiary/aromatic N) is 1. The van der Waals surface area contributed by atoms with Crippen LogP contribution < -0.4 is 5.32 Å². The molecule has 2 aromatic carbocycles. The van der Waals surface area contributed by atoms with Crippen LogP contribution in [0.15, 0.2) is 53.2 Å². The molecular weight excluding hydrogens is 488 g/mol. The molecule has 0 saturated heterocycles. The first-order valence-electron chi connectivity index (χ1n) is 10.4. The number of carbonyl (C=O) groups is 1. The molecule has 0 saturated carbocycles. The van der Waals surface area contributed by atoms with Crippen LogP contribution in [0, 0.1) is 19.3 Å². The van der Waals surface area contributed by atoms with Gasteiger partial charge in [0.15, 0.2) is 0 Å². The fraction of sp³-hybridized carbons (Fsp3) is 0.280. The molecule has 3 rings (SSSR count). The van der Waals surface area contributed by atoms with Gasteiger partial charge in [-0.3, -0.25) is 4.79 Å². The Hall–Kier alpha value is -2.95. The first-order chi connectivity index (χ1) is 16.0. The summed E-state index contributed by atoms with van der Waals surface area (Å²) in [5.41, 5.74) is -2.58. The van der Waals surface area contributed by atoms with E-state index in [0.29, 0.717) is 23.2 Å². The Kier molecular flexibility index (Phi) is 7.64. The number of rotatable bonds is 6. The Bertz CT molecular complexity index is 1200. The fourth-order valence-corrected chi connectivity index (χ4v) is 4.24. The van der Waals surface area contributed by atoms with E-state index in [1.165, 1.54) is 18.2 Å². The summed E-state index contributed by atoms with van der Waals surface area (Å²) in [6, 6.07) is 8.14. The molecule has 178 valence electrons. The highest BCUT2D eigenvalue weighted by Gasteiger charge is 2.65. The molecule has 2 aromatic rings. The molecule has 0 spiro atoms. The Morgan fingerprint density at radius 3 is 2.47 bits per heavy atom. The first kappa shape index (κ1) is 25.7. The van der Waals surface area contributed by atoms with Crippen LogP contribution in [0.3, 0.4) is 0 Å². The molecule has 0 aromatic heterocycles. The summed E-state index contributed by atoms with van der Waals surface area (Å²) in [6.07, 6.45) is 3.17. The van der Waals surface area contributed by atoms with Crippen molar-refractivity contribution < 1.29 is 22.8 Å². The van der Waals surface area contributed by atoms with E-state index in [-0.39, 0.29) is 32.8 Å². The third kappa shape index (κ3) is 4.79. The fourth-order valence-electron chi connectivity index (χ4n) is 3.71. The van der Waals surface area contributed by atoms with Crippen LogP contribution in [0.4, 0.5) is 13.2 Å². The van der Waals surface area contributed by atoms with Gasteiger partial charge in [0.25, 0.3) is 11.5 Å². The third-order valence-corrected chi connectivity index (χ3v) is 5.80. The lowest BCUT2D eigenvalue weighted by Crippen LogP contribution is -2.44. The minimum absolute atomic E-state index is 0.00230. The van der Waals surface area contributed by atoms with Crippen molar-refractivity contribution in [3.05, 3.63) is 80.3 Å². The maximum absolute atomic E-state index is 14.6. The normalized spacial score (nSPS) is 18.9. The zero-order valence-corrected chi connectivity index (χ0v) is 19.9. The van der Waals surface area contributed by atoms with E-state index >= 15 is 0 Å². The van der Waals surface area contributed by atoms with Gasteiger partial charge in [-0.1, -0.05) is 53.7 Å². The molecule has 0 fully saturated rings. The van der Waals surface area contributed by atoms with Crippen LogP contribution in [-0.2, 0) is 10.4 Å². The highest BCUT2D eigenvalue weighted by Crippen LogP contribution is 2.52. The van der Waals surface area contributed by atoms with Crippen molar-refractivity contribution in [3.8, 4) is 12.3 Å². The number of allylic oxidation sites excluding steroid dienone is 1. The van der Waals surface area contributed by atoms with Crippen molar-refractivity contribution in [1.82, 2.24) is 5.32 Å². The predicted octanol–water partition coefficient (Wildman–Crippen LogP) is 6.58. The SMILES string of the molecule is C#C/C=C1/C(c2ccc(C(=O)NCCCC)c(C)c2)=NOC1(c1cc(Cl)cc(Cl)c1)C(F)(F)F. The highest BCUT2D eigenvalue weighted by molar-refractivity contribution is 6.34. The summed E-state index contributed by atoms with van der Waals surface area (Å²) >= 11 is 12.0. The lowest BCUT2D eigenvalue weighted by molar-refractivity contribution is -0.261. The minimum Gasteiger partial charge on any atom is -0.369 e. The second-order valence-electron chi connectivity index (χ2n) is 7.73. The van der Waals surface area contributed by atoms with E-state index in [4.69, 9.17) is 34.5 Å². The third-order valence-electron chi connectivity index (χ3n) is 5.36. The number of hydrogen-bond donors (Lipinski definition) is 1. The molecule has 1 heterocycles. The van der Waals surface area contributed by atoms with Crippen LogP contribution in [0.5, 0.6) is 0 Å². The van der Waals surface area contributed by atoms with Crippen LogP contribution in [0.2, 0.25) is 10.0 Å². The van der Waals surface area contributed by atoms with Crippen molar-refractivity contribution in [2.24, 2.45) is 5.16 Å². The molecule has 1 aliphatic heterocycles. The molecule has 1 amide bonds. The zero-order chi connectivity index (χ0) is 25.1. The van der Waals surface area contributed by atoms with Gasteiger partial charge in [0.1, 0.15) is 5.71 Å². The monoisotopic (exact) mass is 508 g/mol. The first-order valence-corrected chi connectivity index (χ1v) is 11.2. The molecule has 0 radical (unpaired) electrons. The van der Waals surface area contributed by atoms with E-state index < -0.39 is 11.8 Å². The average Bonchev–Trinajstić information content (AvgIpc) is 3.13.